The molecule has 0 aliphatic heterocycles. The Morgan fingerprint density at radius 2 is 2.00 bits per heavy atom. The molecule has 2 N–H and O–H groups in total. The Bertz CT molecular complexity index is 649. The molecule has 98 valence electrons. The number of anilines is 1. The summed E-state index contributed by atoms with van der Waals surface area (Å²) in [5.74, 6) is -1.27. The number of rotatable bonds is 2. The van der Waals surface area contributed by atoms with Gasteiger partial charge < -0.3 is 10.4 Å². The van der Waals surface area contributed by atoms with Crippen molar-refractivity contribution in [3.05, 3.63) is 57.3 Å². The number of phenolic OH excluding ortho intramolecular Hbond substituents is 1. The van der Waals surface area contributed by atoms with Gasteiger partial charge in [0.1, 0.15) is 11.6 Å². The summed E-state index contributed by atoms with van der Waals surface area (Å²) < 4.78 is 13.6. The Kier molecular flexibility index (Phi) is 4.07. The van der Waals surface area contributed by atoms with Crippen LogP contribution in [0.4, 0.5) is 10.1 Å². The monoisotopic (exact) mass is 343 g/mol. The van der Waals surface area contributed by atoms with E-state index >= 15 is 0 Å². The van der Waals surface area contributed by atoms with Crippen LogP contribution < -0.4 is 5.32 Å². The van der Waals surface area contributed by atoms with Gasteiger partial charge in [-0.05, 0) is 52.3 Å². The number of phenols is 1. The molecule has 0 radical (unpaired) electrons. The van der Waals surface area contributed by atoms with Gasteiger partial charge in [0.15, 0.2) is 0 Å². The van der Waals surface area contributed by atoms with E-state index in [0.29, 0.717) is 15.2 Å². The molecule has 0 atom stereocenters. The molecule has 0 fully saturated rings. The number of hydrogen-bond donors (Lipinski definition) is 2. The first-order chi connectivity index (χ1) is 8.97. The van der Waals surface area contributed by atoms with Crippen molar-refractivity contribution in [1.82, 2.24) is 0 Å². The Hall–Kier alpha value is -1.59. The highest BCUT2D eigenvalue weighted by atomic mass is 79.9. The Morgan fingerprint density at radius 3 is 2.63 bits per heavy atom. The van der Waals surface area contributed by atoms with Crippen molar-refractivity contribution in [2.45, 2.75) is 0 Å². The quantitative estimate of drug-likeness (QED) is 0.858. The number of hydrogen-bond acceptors (Lipinski definition) is 2. The van der Waals surface area contributed by atoms with Crippen LogP contribution in [0.2, 0.25) is 5.02 Å². The van der Waals surface area contributed by atoms with Crippen LogP contribution in [0.1, 0.15) is 10.4 Å². The molecule has 19 heavy (non-hydrogen) atoms. The first kappa shape index (κ1) is 13.8. The standard InChI is InChI=1S/C13H8BrClFNO2/c14-10-4-2-8(6-11(10)16)17-13(19)9-3-1-7(15)5-12(9)18/h1-6,18H,(H,17,19). The lowest BCUT2D eigenvalue weighted by Gasteiger charge is -2.07. The first-order valence-corrected chi connectivity index (χ1v) is 6.39. The summed E-state index contributed by atoms with van der Waals surface area (Å²) in [6, 6.07) is 8.33. The van der Waals surface area contributed by atoms with E-state index in [9.17, 15) is 14.3 Å². The highest BCUT2D eigenvalue weighted by molar-refractivity contribution is 9.10. The number of carbonyl (C=O) groups excluding carboxylic acids is 1. The van der Waals surface area contributed by atoms with E-state index in [-0.39, 0.29) is 11.3 Å². The molecule has 0 saturated heterocycles. The largest absolute Gasteiger partial charge is 0.507 e. The molecule has 0 heterocycles. The summed E-state index contributed by atoms with van der Waals surface area (Å²) in [5, 5.41) is 12.4. The van der Waals surface area contributed by atoms with E-state index in [1.54, 1.807) is 0 Å². The fourth-order valence-corrected chi connectivity index (χ4v) is 1.88. The summed E-state index contributed by atoms with van der Waals surface area (Å²) in [4.78, 5) is 11.9. The Balaban J connectivity index is 2.23. The van der Waals surface area contributed by atoms with Gasteiger partial charge in [-0.25, -0.2) is 4.39 Å². The van der Waals surface area contributed by atoms with Crippen molar-refractivity contribution >= 4 is 39.1 Å². The number of aromatic hydroxyl groups is 1. The molecule has 2 rings (SSSR count). The normalized spacial score (nSPS) is 10.3. The molecule has 6 heteroatoms. The minimum absolute atomic E-state index is 0.0627. The van der Waals surface area contributed by atoms with Crippen LogP contribution in [0.3, 0.4) is 0 Å². The third kappa shape index (κ3) is 3.24. The smallest absolute Gasteiger partial charge is 0.259 e. The average Bonchev–Trinajstić information content (AvgIpc) is 2.33. The molecule has 0 spiro atoms. The van der Waals surface area contributed by atoms with Crippen molar-refractivity contribution in [2.75, 3.05) is 5.32 Å². The zero-order valence-corrected chi connectivity index (χ0v) is 11.8. The Labute approximate surface area is 122 Å². The van der Waals surface area contributed by atoms with Crippen LogP contribution >= 0.6 is 27.5 Å². The second-order valence-corrected chi connectivity index (χ2v) is 5.04. The first-order valence-electron chi connectivity index (χ1n) is 5.22. The molecular formula is C13H8BrClFNO2. The fourth-order valence-electron chi connectivity index (χ4n) is 1.47. The fraction of sp³-hybridized carbons (Fsp3) is 0. The maximum atomic E-state index is 13.3. The molecule has 0 unspecified atom stereocenters. The molecule has 2 aromatic carbocycles. The SMILES string of the molecule is O=C(Nc1ccc(Br)c(F)c1)c1ccc(Cl)cc1O. The molecule has 2 aromatic rings. The van der Waals surface area contributed by atoms with Crippen LogP contribution in [-0.4, -0.2) is 11.0 Å². The number of carbonyl (C=O) groups is 1. The second kappa shape index (κ2) is 5.59. The summed E-state index contributed by atoms with van der Waals surface area (Å²) in [5.41, 5.74) is 0.354. The number of nitrogens with one attached hydrogen (secondary N) is 1. The van der Waals surface area contributed by atoms with Crippen molar-refractivity contribution in [3.63, 3.8) is 0 Å². The summed E-state index contributed by atoms with van der Waals surface area (Å²) >= 11 is 8.69. The topological polar surface area (TPSA) is 49.3 Å². The lowest BCUT2D eigenvalue weighted by atomic mass is 10.2. The van der Waals surface area contributed by atoms with Crippen LogP contribution in [0, 0.1) is 5.82 Å². The van der Waals surface area contributed by atoms with E-state index in [1.807, 2.05) is 0 Å². The Morgan fingerprint density at radius 1 is 1.26 bits per heavy atom. The molecule has 0 saturated carbocycles. The van der Waals surface area contributed by atoms with Crippen molar-refractivity contribution in [3.8, 4) is 5.75 Å². The van der Waals surface area contributed by atoms with Gasteiger partial charge in [-0.15, -0.1) is 0 Å². The highest BCUT2D eigenvalue weighted by Gasteiger charge is 2.12. The van der Waals surface area contributed by atoms with Crippen molar-refractivity contribution in [2.24, 2.45) is 0 Å². The third-order valence-electron chi connectivity index (χ3n) is 2.38. The van der Waals surface area contributed by atoms with Gasteiger partial charge in [0.05, 0.1) is 10.0 Å². The maximum Gasteiger partial charge on any atom is 0.259 e. The lowest BCUT2D eigenvalue weighted by Crippen LogP contribution is -2.12. The minimum Gasteiger partial charge on any atom is -0.507 e. The molecule has 0 aliphatic rings. The lowest BCUT2D eigenvalue weighted by molar-refractivity contribution is 0.102. The van der Waals surface area contributed by atoms with E-state index in [1.165, 1.54) is 36.4 Å². The van der Waals surface area contributed by atoms with Gasteiger partial charge in [0, 0.05) is 10.7 Å². The molecular weight excluding hydrogens is 337 g/mol. The van der Waals surface area contributed by atoms with Gasteiger partial charge in [-0.2, -0.15) is 0 Å². The van der Waals surface area contributed by atoms with E-state index < -0.39 is 11.7 Å². The summed E-state index contributed by atoms with van der Waals surface area (Å²) in [6.45, 7) is 0. The number of halogens is 3. The zero-order chi connectivity index (χ0) is 14.0. The summed E-state index contributed by atoms with van der Waals surface area (Å²) in [7, 11) is 0. The van der Waals surface area contributed by atoms with Crippen molar-refractivity contribution < 1.29 is 14.3 Å². The predicted molar refractivity (Wildman–Crippen MR) is 75.2 cm³/mol. The highest BCUT2D eigenvalue weighted by Crippen LogP contribution is 2.24. The molecule has 1 amide bonds. The van der Waals surface area contributed by atoms with Gasteiger partial charge in [-0.1, -0.05) is 11.6 Å². The van der Waals surface area contributed by atoms with E-state index in [2.05, 4.69) is 21.2 Å². The van der Waals surface area contributed by atoms with Crippen LogP contribution in [0.25, 0.3) is 0 Å². The maximum absolute atomic E-state index is 13.3. The van der Waals surface area contributed by atoms with Gasteiger partial charge >= 0.3 is 0 Å². The molecule has 0 aromatic heterocycles. The van der Waals surface area contributed by atoms with E-state index in [0.717, 1.165) is 0 Å². The number of amides is 1. The average molecular weight is 345 g/mol. The van der Waals surface area contributed by atoms with Crippen LogP contribution in [0.5, 0.6) is 5.75 Å². The van der Waals surface area contributed by atoms with Crippen LogP contribution in [0.15, 0.2) is 40.9 Å². The third-order valence-corrected chi connectivity index (χ3v) is 3.26. The van der Waals surface area contributed by atoms with Gasteiger partial charge in [-0.3, -0.25) is 4.79 Å². The molecule has 3 nitrogen and oxygen atoms in total. The van der Waals surface area contributed by atoms with E-state index in [4.69, 9.17) is 11.6 Å². The minimum atomic E-state index is -0.545. The second-order valence-electron chi connectivity index (χ2n) is 3.74. The van der Waals surface area contributed by atoms with Gasteiger partial charge in [0.2, 0.25) is 0 Å². The number of benzene rings is 2. The van der Waals surface area contributed by atoms with Crippen LogP contribution in [-0.2, 0) is 0 Å². The zero-order valence-electron chi connectivity index (χ0n) is 9.45. The predicted octanol–water partition coefficient (Wildman–Crippen LogP) is 4.20. The molecule has 0 bridgehead atoms. The van der Waals surface area contributed by atoms with Crippen molar-refractivity contribution in [1.29, 1.82) is 0 Å². The van der Waals surface area contributed by atoms with Gasteiger partial charge in [0.25, 0.3) is 5.91 Å². The molecule has 0 aliphatic carbocycles. The summed E-state index contributed by atoms with van der Waals surface area (Å²) in [6.07, 6.45) is 0.